The van der Waals surface area contributed by atoms with Gasteiger partial charge >= 0.3 is 0 Å². The smallest absolute Gasteiger partial charge is 0.257 e. The summed E-state index contributed by atoms with van der Waals surface area (Å²) in [4.78, 5) is 17.4. The van der Waals surface area contributed by atoms with Gasteiger partial charge in [0.1, 0.15) is 23.0 Å². The van der Waals surface area contributed by atoms with Crippen LogP contribution in [0.4, 0.5) is 10.1 Å². The van der Waals surface area contributed by atoms with E-state index >= 15 is 0 Å². The SMILES string of the molecule is COc1ccc(Cn2ncc3cc(C(=O)Nc4ccc(F)c(-n5nnnc5C)c4)cnc32)c(OC)c1. The number of tetrazole rings is 1. The molecule has 1 N–H and O–H groups in total. The van der Waals surface area contributed by atoms with E-state index in [4.69, 9.17) is 9.47 Å². The van der Waals surface area contributed by atoms with E-state index in [2.05, 4.69) is 30.9 Å². The number of fused-ring (bicyclic) bond motifs is 1. The molecule has 12 heteroatoms. The molecule has 0 saturated carbocycles. The Kier molecular flexibility index (Phi) is 5.98. The average Bonchev–Trinajstić information content (AvgIpc) is 3.50. The van der Waals surface area contributed by atoms with Crippen LogP contribution in [0.5, 0.6) is 11.5 Å². The Morgan fingerprint density at radius 3 is 2.69 bits per heavy atom. The fourth-order valence-electron chi connectivity index (χ4n) is 3.77. The summed E-state index contributed by atoms with van der Waals surface area (Å²) in [6, 6.07) is 11.4. The highest BCUT2D eigenvalue weighted by molar-refractivity contribution is 6.05. The third-order valence-corrected chi connectivity index (χ3v) is 5.61. The first-order valence-electron chi connectivity index (χ1n) is 10.9. The van der Waals surface area contributed by atoms with E-state index < -0.39 is 11.7 Å². The van der Waals surface area contributed by atoms with E-state index in [1.165, 1.54) is 29.1 Å². The quantitative estimate of drug-likeness (QED) is 0.371. The summed E-state index contributed by atoms with van der Waals surface area (Å²) in [6.45, 7) is 2.07. The predicted octanol–water partition coefficient (Wildman–Crippen LogP) is 3.17. The van der Waals surface area contributed by atoms with Crippen LogP contribution in [0.2, 0.25) is 0 Å². The number of methoxy groups -OCH3 is 2. The number of aromatic nitrogens is 7. The summed E-state index contributed by atoms with van der Waals surface area (Å²) < 4.78 is 28.0. The minimum absolute atomic E-state index is 0.124. The number of pyridine rings is 1. The molecule has 0 unspecified atom stereocenters. The maximum Gasteiger partial charge on any atom is 0.257 e. The van der Waals surface area contributed by atoms with Crippen LogP contribution in [-0.4, -0.2) is 55.1 Å². The van der Waals surface area contributed by atoms with E-state index in [9.17, 15) is 9.18 Å². The van der Waals surface area contributed by atoms with Crippen molar-refractivity contribution in [2.45, 2.75) is 13.5 Å². The molecule has 5 rings (SSSR count). The van der Waals surface area contributed by atoms with Gasteiger partial charge in [-0.05, 0) is 53.7 Å². The number of hydrogen-bond acceptors (Lipinski definition) is 8. The Morgan fingerprint density at radius 1 is 1.08 bits per heavy atom. The summed E-state index contributed by atoms with van der Waals surface area (Å²) in [6.07, 6.45) is 3.11. The standard InChI is InChI=1S/C24H21FN8O3/c1-14-29-30-31-33(14)21-9-18(5-7-20(21)25)28-24(34)17-8-16-12-27-32(23(16)26-11-17)13-15-4-6-19(35-2)10-22(15)36-3/h4-12H,13H2,1-3H3,(H,28,34). The van der Waals surface area contributed by atoms with Crippen molar-refractivity contribution in [3.8, 4) is 17.2 Å². The number of benzene rings is 2. The zero-order valence-corrected chi connectivity index (χ0v) is 19.6. The van der Waals surface area contributed by atoms with Gasteiger partial charge in [0, 0.05) is 28.9 Å². The van der Waals surface area contributed by atoms with Crippen LogP contribution >= 0.6 is 0 Å². The topological polar surface area (TPSA) is 122 Å². The number of rotatable bonds is 7. The summed E-state index contributed by atoms with van der Waals surface area (Å²) in [5.74, 6) is 0.851. The molecule has 3 heterocycles. The lowest BCUT2D eigenvalue weighted by atomic mass is 10.2. The lowest BCUT2D eigenvalue weighted by Gasteiger charge is -2.11. The number of ether oxygens (including phenoxy) is 2. The highest BCUT2D eigenvalue weighted by atomic mass is 19.1. The molecule has 182 valence electrons. The highest BCUT2D eigenvalue weighted by Crippen LogP contribution is 2.26. The minimum Gasteiger partial charge on any atom is -0.497 e. The lowest BCUT2D eigenvalue weighted by Crippen LogP contribution is -2.13. The maximum atomic E-state index is 14.3. The summed E-state index contributed by atoms with van der Waals surface area (Å²) in [5, 5.41) is 19.0. The van der Waals surface area contributed by atoms with E-state index in [-0.39, 0.29) is 5.69 Å². The first-order chi connectivity index (χ1) is 17.5. The molecule has 2 aromatic carbocycles. The van der Waals surface area contributed by atoms with Crippen molar-refractivity contribution in [1.29, 1.82) is 0 Å². The summed E-state index contributed by atoms with van der Waals surface area (Å²) in [5.41, 5.74) is 2.35. The van der Waals surface area contributed by atoms with Crippen LogP contribution < -0.4 is 14.8 Å². The number of nitrogens with zero attached hydrogens (tertiary/aromatic N) is 7. The van der Waals surface area contributed by atoms with Gasteiger partial charge in [-0.25, -0.2) is 14.1 Å². The van der Waals surface area contributed by atoms with Crippen molar-refractivity contribution in [3.63, 3.8) is 0 Å². The Hall–Kier alpha value is -4.87. The normalized spacial score (nSPS) is 11.0. The van der Waals surface area contributed by atoms with Gasteiger partial charge < -0.3 is 14.8 Å². The van der Waals surface area contributed by atoms with Gasteiger partial charge in [-0.3, -0.25) is 4.79 Å². The van der Waals surface area contributed by atoms with Crippen molar-refractivity contribution in [1.82, 2.24) is 35.0 Å². The number of anilines is 1. The predicted molar refractivity (Wildman–Crippen MR) is 128 cm³/mol. The molecule has 36 heavy (non-hydrogen) atoms. The maximum absolute atomic E-state index is 14.3. The zero-order valence-electron chi connectivity index (χ0n) is 19.6. The molecule has 11 nitrogen and oxygen atoms in total. The Balaban J connectivity index is 1.37. The van der Waals surface area contributed by atoms with Crippen molar-refractivity contribution in [2.75, 3.05) is 19.5 Å². The first-order valence-corrected chi connectivity index (χ1v) is 10.9. The number of aryl methyl sites for hydroxylation is 1. The van der Waals surface area contributed by atoms with Crippen LogP contribution in [0.25, 0.3) is 16.7 Å². The van der Waals surface area contributed by atoms with Gasteiger partial charge in [-0.1, -0.05) is 0 Å². The Morgan fingerprint density at radius 2 is 1.94 bits per heavy atom. The van der Waals surface area contributed by atoms with Gasteiger partial charge in [0.2, 0.25) is 0 Å². The minimum atomic E-state index is -0.521. The molecule has 5 aromatic rings. The average molecular weight is 488 g/mol. The fraction of sp³-hybridized carbons (Fsp3) is 0.167. The van der Waals surface area contributed by atoms with E-state index in [0.717, 1.165) is 5.56 Å². The van der Waals surface area contributed by atoms with E-state index in [0.29, 0.717) is 46.2 Å². The second kappa shape index (κ2) is 9.41. The number of nitrogens with one attached hydrogen (secondary N) is 1. The molecule has 0 saturated heterocycles. The molecule has 0 spiro atoms. The summed E-state index contributed by atoms with van der Waals surface area (Å²) >= 11 is 0. The van der Waals surface area contributed by atoms with Crippen LogP contribution in [0, 0.1) is 12.7 Å². The van der Waals surface area contributed by atoms with Crippen molar-refractivity contribution >= 4 is 22.6 Å². The molecule has 0 aliphatic carbocycles. The number of halogens is 1. The van der Waals surface area contributed by atoms with E-state index in [1.807, 2.05) is 12.1 Å². The third kappa shape index (κ3) is 4.31. The number of hydrogen-bond donors (Lipinski definition) is 1. The fourth-order valence-corrected chi connectivity index (χ4v) is 3.77. The van der Waals surface area contributed by atoms with Crippen LogP contribution in [0.15, 0.2) is 54.9 Å². The first kappa shape index (κ1) is 22.9. The van der Waals surface area contributed by atoms with Crippen LogP contribution in [-0.2, 0) is 6.54 Å². The van der Waals surface area contributed by atoms with Gasteiger partial charge in [-0.2, -0.15) is 9.78 Å². The van der Waals surface area contributed by atoms with E-state index in [1.54, 1.807) is 44.2 Å². The van der Waals surface area contributed by atoms with Crippen molar-refractivity contribution < 1.29 is 18.7 Å². The molecule has 0 fully saturated rings. The molecular formula is C24H21FN8O3. The Labute approximate surface area is 204 Å². The number of amides is 1. The summed E-state index contributed by atoms with van der Waals surface area (Å²) in [7, 11) is 3.19. The number of carbonyl (C=O) groups is 1. The largest absolute Gasteiger partial charge is 0.497 e. The van der Waals surface area contributed by atoms with Crippen LogP contribution in [0.1, 0.15) is 21.7 Å². The molecule has 0 bridgehead atoms. The molecule has 3 aromatic heterocycles. The van der Waals surface area contributed by atoms with Gasteiger partial charge in [-0.15, -0.1) is 5.10 Å². The second-order valence-corrected chi connectivity index (χ2v) is 7.88. The molecule has 0 radical (unpaired) electrons. The van der Waals surface area contributed by atoms with Crippen LogP contribution in [0.3, 0.4) is 0 Å². The second-order valence-electron chi connectivity index (χ2n) is 7.88. The van der Waals surface area contributed by atoms with Gasteiger partial charge in [0.05, 0.1) is 32.5 Å². The zero-order chi connectivity index (χ0) is 25.2. The monoisotopic (exact) mass is 488 g/mol. The highest BCUT2D eigenvalue weighted by Gasteiger charge is 2.15. The molecule has 0 atom stereocenters. The van der Waals surface area contributed by atoms with Gasteiger partial charge in [0.15, 0.2) is 11.5 Å². The van der Waals surface area contributed by atoms with Gasteiger partial charge in [0.25, 0.3) is 5.91 Å². The third-order valence-electron chi connectivity index (χ3n) is 5.61. The number of carbonyl (C=O) groups excluding carboxylic acids is 1. The molecule has 0 aliphatic rings. The van der Waals surface area contributed by atoms with Crippen molar-refractivity contribution in [2.24, 2.45) is 0 Å². The molecule has 1 amide bonds. The molecular weight excluding hydrogens is 467 g/mol. The lowest BCUT2D eigenvalue weighted by molar-refractivity contribution is 0.102. The van der Waals surface area contributed by atoms with Crippen molar-refractivity contribution in [3.05, 3.63) is 77.6 Å². The molecule has 0 aliphatic heterocycles. The Bertz CT molecular complexity index is 1580.